The van der Waals surface area contributed by atoms with Crippen molar-refractivity contribution < 1.29 is 19.0 Å². The van der Waals surface area contributed by atoms with Crippen LogP contribution >= 0.6 is 0 Å². The van der Waals surface area contributed by atoms with E-state index in [0.29, 0.717) is 30.3 Å². The Morgan fingerprint density at radius 3 is 2.15 bits per heavy atom. The topological polar surface area (TPSA) is 68.8 Å². The molecule has 0 spiro atoms. The highest BCUT2D eigenvalue weighted by Gasteiger charge is 2.13. The number of carbonyl (C=O) groups is 1. The molecule has 0 aliphatic heterocycles. The molecule has 112 valence electrons. The van der Waals surface area contributed by atoms with Crippen LogP contribution in [0.4, 0.5) is 0 Å². The third kappa shape index (κ3) is 4.31. The molecule has 0 saturated heterocycles. The number of methoxy groups -OCH3 is 3. The zero-order valence-corrected chi connectivity index (χ0v) is 12.4. The summed E-state index contributed by atoms with van der Waals surface area (Å²) in [7, 11) is 4.75. The minimum absolute atomic E-state index is 0.0426. The summed E-state index contributed by atoms with van der Waals surface area (Å²) >= 11 is 0. The van der Waals surface area contributed by atoms with Crippen molar-refractivity contribution >= 4 is 5.91 Å². The van der Waals surface area contributed by atoms with Gasteiger partial charge in [0, 0.05) is 25.2 Å². The number of likely N-dealkylation sites (N-methyl/N-ethyl adjacent to an activating group) is 1. The van der Waals surface area contributed by atoms with Gasteiger partial charge in [0.15, 0.2) is 0 Å². The van der Waals surface area contributed by atoms with E-state index >= 15 is 0 Å². The molecule has 0 bridgehead atoms. The maximum absolute atomic E-state index is 11.4. The number of amides is 1. The van der Waals surface area contributed by atoms with E-state index in [1.165, 1.54) is 0 Å². The highest BCUT2D eigenvalue weighted by molar-refractivity contribution is 5.77. The van der Waals surface area contributed by atoms with Crippen molar-refractivity contribution in [2.45, 2.75) is 13.5 Å². The Morgan fingerprint density at radius 2 is 1.70 bits per heavy atom. The summed E-state index contributed by atoms with van der Waals surface area (Å²) in [6.45, 7) is 3.21. The van der Waals surface area contributed by atoms with Gasteiger partial charge in [-0.15, -0.1) is 0 Å². The molecule has 1 aromatic rings. The van der Waals surface area contributed by atoms with Gasteiger partial charge in [-0.05, 0) is 6.92 Å². The molecule has 0 aliphatic carbocycles. The molecule has 0 unspecified atom stereocenters. The smallest absolute Gasteiger partial charge is 0.233 e. The predicted octanol–water partition coefficient (Wildman–Crippen LogP) is 0.938. The molecule has 0 heterocycles. The largest absolute Gasteiger partial charge is 0.496 e. The van der Waals surface area contributed by atoms with Crippen molar-refractivity contribution in [3.63, 3.8) is 0 Å². The molecule has 6 heteroatoms. The van der Waals surface area contributed by atoms with Gasteiger partial charge in [0.25, 0.3) is 0 Å². The van der Waals surface area contributed by atoms with E-state index in [9.17, 15) is 4.79 Å². The maximum atomic E-state index is 11.4. The fourth-order valence-corrected chi connectivity index (χ4v) is 1.81. The third-order valence-electron chi connectivity index (χ3n) is 2.78. The minimum atomic E-state index is -0.0426. The summed E-state index contributed by atoms with van der Waals surface area (Å²) in [6.07, 6.45) is 0. The van der Waals surface area contributed by atoms with Gasteiger partial charge in [-0.3, -0.25) is 4.79 Å². The molecule has 0 saturated carbocycles. The van der Waals surface area contributed by atoms with Crippen LogP contribution in [0.5, 0.6) is 17.2 Å². The molecule has 0 atom stereocenters. The molecule has 0 aromatic heterocycles. The average molecular weight is 282 g/mol. The number of carbonyl (C=O) groups excluding carboxylic acids is 1. The fraction of sp³-hybridized carbons (Fsp3) is 0.500. The summed E-state index contributed by atoms with van der Waals surface area (Å²) in [4.78, 5) is 11.4. The Kier molecular flexibility index (Phi) is 6.66. The lowest BCUT2D eigenvalue weighted by atomic mass is 10.1. The second-order valence-corrected chi connectivity index (χ2v) is 4.07. The van der Waals surface area contributed by atoms with Crippen LogP contribution < -0.4 is 24.8 Å². The van der Waals surface area contributed by atoms with E-state index in [1.54, 1.807) is 33.5 Å². The van der Waals surface area contributed by atoms with Gasteiger partial charge < -0.3 is 24.8 Å². The first-order chi connectivity index (χ1) is 9.65. The van der Waals surface area contributed by atoms with Crippen LogP contribution in [0.15, 0.2) is 12.1 Å². The van der Waals surface area contributed by atoms with Crippen LogP contribution in [0.2, 0.25) is 0 Å². The summed E-state index contributed by atoms with van der Waals surface area (Å²) in [5.74, 6) is 1.93. The van der Waals surface area contributed by atoms with Gasteiger partial charge in [-0.25, -0.2) is 0 Å². The van der Waals surface area contributed by atoms with Gasteiger partial charge >= 0.3 is 0 Å². The molecule has 0 radical (unpaired) electrons. The summed E-state index contributed by atoms with van der Waals surface area (Å²) < 4.78 is 15.9. The molecule has 20 heavy (non-hydrogen) atoms. The lowest BCUT2D eigenvalue weighted by Gasteiger charge is -2.15. The normalized spacial score (nSPS) is 10.0. The lowest BCUT2D eigenvalue weighted by molar-refractivity contribution is -0.120. The Labute approximate surface area is 119 Å². The Morgan fingerprint density at radius 1 is 1.10 bits per heavy atom. The van der Waals surface area contributed by atoms with Gasteiger partial charge in [0.1, 0.15) is 17.2 Å². The molecule has 1 aromatic carbocycles. The number of rotatable bonds is 8. The molecule has 2 N–H and O–H groups in total. The molecular weight excluding hydrogens is 260 g/mol. The average Bonchev–Trinajstić information content (AvgIpc) is 2.47. The van der Waals surface area contributed by atoms with Crippen molar-refractivity contribution in [1.82, 2.24) is 10.6 Å². The first-order valence-corrected chi connectivity index (χ1v) is 6.42. The van der Waals surface area contributed by atoms with E-state index in [4.69, 9.17) is 14.2 Å². The zero-order chi connectivity index (χ0) is 15.0. The van der Waals surface area contributed by atoms with Crippen LogP contribution in [-0.4, -0.2) is 40.3 Å². The number of hydrogen-bond acceptors (Lipinski definition) is 5. The van der Waals surface area contributed by atoms with Gasteiger partial charge in [0.2, 0.25) is 5.91 Å². The van der Waals surface area contributed by atoms with Gasteiger partial charge in [0.05, 0.1) is 33.4 Å². The highest BCUT2D eigenvalue weighted by Crippen LogP contribution is 2.33. The van der Waals surface area contributed by atoms with E-state index in [2.05, 4.69) is 10.6 Å². The number of benzene rings is 1. The van der Waals surface area contributed by atoms with Crippen molar-refractivity contribution in [3.8, 4) is 17.2 Å². The van der Waals surface area contributed by atoms with E-state index in [1.807, 2.05) is 6.92 Å². The lowest BCUT2D eigenvalue weighted by Crippen LogP contribution is -2.33. The van der Waals surface area contributed by atoms with Gasteiger partial charge in [-0.1, -0.05) is 0 Å². The van der Waals surface area contributed by atoms with Crippen molar-refractivity contribution in [1.29, 1.82) is 0 Å². The summed E-state index contributed by atoms with van der Waals surface area (Å²) in [5, 5.41) is 5.78. The summed E-state index contributed by atoms with van der Waals surface area (Å²) in [6, 6.07) is 3.57. The van der Waals surface area contributed by atoms with E-state index < -0.39 is 0 Å². The molecule has 1 amide bonds. The SMILES string of the molecule is CCNC(=O)CNCc1c(OC)cc(OC)cc1OC. The standard InChI is InChI=1S/C14H22N2O4/c1-5-16-14(17)9-15-8-11-12(19-3)6-10(18-2)7-13(11)20-4/h6-7,15H,5,8-9H2,1-4H3,(H,16,17). The minimum Gasteiger partial charge on any atom is -0.496 e. The Balaban J connectivity index is 2.79. The molecule has 0 fully saturated rings. The molecular formula is C14H22N2O4. The second-order valence-electron chi connectivity index (χ2n) is 4.07. The quantitative estimate of drug-likeness (QED) is 0.742. The van der Waals surface area contributed by atoms with Crippen molar-refractivity contribution in [2.24, 2.45) is 0 Å². The monoisotopic (exact) mass is 282 g/mol. The predicted molar refractivity (Wildman–Crippen MR) is 76.5 cm³/mol. The number of nitrogens with one attached hydrogen (secondary N) is 2. The number of hydrogen-bond donors (Lipinski definition) is 2. The third-order valence-corrected chi connectivity index (χ3v) is 2.78. The van der Waals surface area contributed by atoms with Crippen LogP contribution in [-0.2, 0) is 11.3 Å². The van der Waals surface area contributed by atoms with Crippen molar-refractivity contribution in [2.75, 3.05) is 34.4 Å². The number of ether oxygens (including phenoxy) is 3. The Hall–Kier alpha value is -1.95. The molecule has 6 nitrogen and oxygen atoms in total. The maximum Gasteiger partial charge on any atom is 0.233 e. The van der Waals surface area contributed by atoms with Crippen LogP contribution in [0.25, 0.3) is 0 Å². The molecule has 1 rings (SSSR count). The highest BCUT2D eigenvalue weighted by atomic mass is 16.5. The second kappa shape index (κ2) is 8.27. The van der Waals surface area contributed by atoms with Gasteiger partial charge in [-0.2, -0.15) is 0 Å². The Bertz CT molecular complexity index is 424. The fourth-order valence-electron chi connectivity index (χ4n) is 1.81. The molecule has 0 aliphatic rings. The van der Waals surface area contributed by atoms with E-state index in [-0.39, 0.29) is 12.5 Å². The first kappa shape index (κ1) is 16.1. The van der Waals surface area contributed by atoms with Crippen LogP contribution in [0, 0.1) is 0 Å². The van der Waals surface area contributed by atoms with Crippen molar-refractivity contribution in [3.05, 3.63) is 17.7 Å². The van der Waals surface area contributed by atoms with E-state index in [0.717, 1.165) is 5.56 Å². The first-order valence-electron chi connectivity index (χ1n) is 6.42. The summed E-state index contributed by atoms with van der Waals surface area (Å²) in [5.41, 5.74) is 0.847. The van der Waals surface area contributed by atoms with Crippen LogP contribution in [0.3, 0.4) is 0 Å². The zero-order valence-electron chi connectivity index (χ0n) is 12.4. The van der Waals surface area contributed by atoms with Crippen LogP contribution in [0.1, 0.15) is 12.5 Å².